The Kier molecular flexibility index (Phi) is 6.26. The van der Waals surface area contributed by atoms with Crippen molar-refractivity contribution in [3.63, 3.8) is 0 Å². The Labute approximate surface area is 118 Å². The third-order valence-corrected chi connectivity index (χ3v) is 4.35. The number of hydrogen-bond acceptors (Lipinski definition) is 1. The molecule has 0 aliphatic carbocycles. The predicted molar refractivity (Wildman–Crippen MR) is 84.9 cm³/mol. The van der Waals surface area contributed by atoms with Gasteiger partial charge in [-0.3, -0.25) is 0 Å². The molecule has 1 aliphatic heterocycles. The molecule has 0 fully saturated rings. The zero-order chi connectivity index (χ0) is 13.3. The molecule has 0 saturated carbocycles. The van der Waals surface area contributed by atoms with Crippen molar-refractivity contribution in [2.45, 2.75) is 70.6 Å². The summed E-state index contributed by atoms with van der Waals surface area (Å²) in [6, 6.07) is 8.81. The molecule has 1 atom stereocenters. The van der Waals surface area contributed by atoms with Gasteiger partial charge in [0.25, 0.3) is 0 Å². The Morgan fingerprint density at radius 1 is 0.947 bits per heavy atom. The summed E-state index contributed by atoms with van der Waals surface area (Å²) in [6.07, 6.45) is 12.7. The normalized spacial score (nSPS) is 17.2. The molecule has 1 nitrogen and oxygen atoms in total. The maximum absolute atomic E-state index is 3.53. The Morgan fingerprint density at radius 2 is 1.63 bits per heavy atom. The van der Waals surface area contributed by atoms with Gasteiger partial charge in [0, 0.05) is 18.2 Å². The minimum atomic E-state index is 0.760. The summed E-state index contributed by atoms with van der Waals surface area (Å²) in [5.74, 6) is 0.760. The molecule has 1 unspecified atom stereocenters. The van der Waals surface area contributed by atoms with E-state index in [1.165, 1.54) is 63.5 Å². The first-order valence-corrected chi connectivity index (χ1v) is 8.24. The number of fused-ring (bicyclic) bond motifs is 1. The first-order chi connectivity index (χ1) is 9.42. The van der Waals surface area contributed by atoms with Crippen molar-refractivity contribution in [2.24, 2.45) is 0 Å². The van der Waals surface area contributed by atoms with E-state index in [1.54, 1.807) is 5.56 Å². The average Bonchev–Trinajstić information content (AvgIpc) is 2.85. The summed E-state index contributed by atoms with van der Waals surface area (Å²) < 4.78 is 0. The Balaban J connectivity index is 1.55. The van der Waals surface area contributed by atoms with Gasteiger partial charge in [0.1, 0.15) is 0 Å². The summed E-state index contributed by atoms with van der Waals surface area (Å²) >= 11 is 0. The molecule has 106 valence electrons. The molecular formula is C18H29N. The molecule has 1 aromatic rings. The van der Waals surface area contributed by atoms with Crippen molar-refractivity contribution in [1.29, 1.82) is 0 Å². The van der Waals surface area contributed by atoms with E-state index in [-0.39, 0.29) is 0 Å². The molecule has 0 bridgehead atoms. The number of nitrogens with one attached hydrogen (secondary N) is 1. The first kappa shape index (κ1) is 14.4. The Morgan fingerprint density at radius 3 is 2.42 bits per heavy atom. The number of benzene rings is 1. The zero-order valence-electron chi connectivity index (χ0n) is 12.5. The largest absolute Gasteiger partial charge is 0.384 e. The molecule has 0 amide bonds. The molecule has 0 aromatic heterocycles. The van der Waals surface area contributed by atoms with Gasteiger partial charge in [-0.2, -0.15) is 0 Å². The van der Waals surface area contributed by atoms with Gasteiger partial charge < -0.3 is 5.32 Å². The summed E-state index contributed by atoms with van der Waals surface area (Å²) in [4.78, 5) is 0. The van der Waals surface area contributed by atoms with Gasteiger partial charge in [0.15, 0.2) is 0 Å². The van der Waals surface area contributed by atoms with Crippen molar-refractivity contribution in [2.75, 3.05) is 11.9 Å². The highest BCUT2D eigenvalue weighted by atomic mass is 14.9. The molecule has 19 heavy (non-hydrogen) atoms. The predicted octanol–water partition coefficient (Wildman–Crippen LogP) is 5.73. The van der Waals surface area contributed by atoms with Crippen LogP contribution in [-0.4, -0.2) is 6.54 Å². The standard InChI is InChI=1S/C18H29N/c1-2-3-4-5-6-7-8-9-12-16-15-19-18-14-11-10-13-17(16)18/h10-11,13-14,16,19H,2-9,12,15H2,1H3. The number of rotatable bonds is 9. The van der Waals surface area contributed by atoms with E-state index in [0.29, 0.717) is 0 Å². The lowest BCUT2D eigenvalue weighted by Gasteiger charge is -2.09. The minimum absolute atomic E-state index is 0.760. The molecule has 1 heterocycles. The van der Waals surface area contributed by atoms with Crippen LogP contribution in [-0.2, 0) is 0 Å². The van der Waals surface area contributed by atoms with Crippen LogP contribution in [0.15, 0.2) is 24.3 Å². The van der Waals surface area contributed by atoms with Gasteiger partial charge in [-0.25, -0.2) is 0 Å². The highest BCUT2D eigenvalue weighted by molar-refractivity contribution is 5.57. The number of anilines is 1. The lowest BCUT2D eigenvalue weighted by atomic mass is 9.95. The van der Waals surface area contributed by atoms with Crippen molar-refractivity contribution < 1.29 is 0 Å². The second-order valence-electron chi connectivity index (χ2n) is 5.93. The fraction of sp³-hybridized carbons (Fsp3) is 0.667. The number of hydrogen-bond donors (Lipinski definition) is 1. The van der Waals surface area contributed by atoms with Gasteiger partial charge in [-0.15, -0.1) is 0 Å². The third kappa shape index (κ3) is 4.56. The van der Waals surface area contributed by atoms with E-state index in [1.807, 2.05) is 0 Å². The summed E-state index contributed by atoms with van der Waals surface area (Å²) in [5.41, 5.74) is 2.91. The molecule has 1 aromatic carbocycles. The van der Waals surface area contributed by atoms with E-state index in [2.05, 4.69) is 36.5 Å². The van der Waals surface area contributed by atoms with Crippen molar-refractivity contribution in [3.8, 4) is 0 Å². The molecule has 1 N–H and O–H groups in total. The maximum atomic E-state index is 3.53. The summed E-state index contributed by atoms with van der Waals surface area (Å²) in [6.45, 7) is 3.43. The minimum Gasteiger partial charge on any atom is -0.384 e. The topological polar surface area (TPSA) is 12.0 Å². The average molecular weight is 259 g/mol. The van der Waals surface area contributed by atoms with E-state index >= 15 is 0 Å². The molecule has 1 aliphatic rings. The van der Waals surface area contributed by atoms with E-state index in [0.717, 1.165) is 12.5 Å². The molecule has 0 saturated heterocycles. The van der Waals surface area contributed by atoms with Crippen LogP contribution in [0.5, 0.6) is 0 Å². The van der Waals surface area contributed by atoms with E-state index < -0.39 is 0 Å². The molecule has 1 heteroatoms. The second kappa shape index (κ2) is 8.24. The second-order valence-corrected chi connectivity index (χ2v) is 5.93. The monoisotopic (exact) mass is 259 g/mol. The van der Waals surface area contributed by atoms with Crippen LogP contribution in [0.3, 0.4) is 0 Å². The third-order valence-electron chi connectivity index (χ3n) is 4.35. The Hall–Kier alpha value is -0.980. The summed E-state index contributed by atoms with van der Waals surface area (Å²) in [7, 11) is 0. The smallest absolute Gasteiger partial charge is 0.0376 e. The van der Waals surface area contributed by atoms with Crippen LogP contribution in [0.2, 0.25) is 0 Å². The zero-order valence-corrected chi connectivity index (χ0v) is 12.5. The van der Waals surface area contributed by atoms with Crippen LogP contribution in [0.4, 0.5) is 5.69 Å². The lowest BCUT2D eigenvalue weighted by Crippen LogP contribution is -2.01. The van der Waals surface area contributed by atoms with E-state index in [4.69, 9.17) is 0 Å². The van der Waals surface area contributed by atoms with Gasteiger partial charge >= 0.3 is 0 Å². The highest BCUT2D eigenvalue weighted by Gasteiger charge is 2.20. The van der Waals surface area contributed by atoms with Crippen molar-refractivity contribution >= 4 is 5.69 Å². The van der Waals surface area contributed by atoms with E-state index in [9.17, 15) is 0 Å². The van der Waals surface area contributed by atoms with Gasteiger partial charge in [-0.1, -0.05) is 76.5 Å². The van der Waals surface area contributed by atoms with Crippen molar-refractivity contribution in [3.05, 3.63) is 29.8 Å². The molecular weight excluding hydrogens is 230 g/mol. The maximum Gasteiger partial charge on any atom is 0.0376 e. The van der Waals surface area contributed by atoms with Crippen LogP contribution >= 0.6 is 0 Å². The fourth-order valence-corrected chi connectivity index (χ4v) is 3.14. The van der Waals surface area contributed by atoms with Crippen LogP contribution in [0.1, 0.15) is 76.2 Å². The lowest BCUT2D eigenvalue weighted by molar-refractivity contribution is 0.543. The van der Waals surface area contributed by atoms with Crippen LogP contribution in [0.25, 0.3) is 0 Å². The molecule has 0 radical (unpaired) electrons. The molecule has 2 rings (SSSR count). The van der Waals surface area contributed by atoms with Crippen molar-refractivity contribution in [1.82, 2.24) is 0 Å². The van der Waals surface area contributed by atoms with Crippen LogP contribution in [0, 0.1) is 0 Å². The highest BCUT2D eigenvalue weighted by Crippen LogP contribution is 2.34. The number of unbranched alkanes of at least 4 members (excludes halogenated alkanes) is 7. The van der Waals surface area contributed by atoms with Crippen LogP contribution < -0.4 is 5.32 Å². The van der Waals surface area contributed by atoms with Gasteiger partial charge in [0.2, 0.25) is 0 Å². The summed E-state index contributed by atoms with van der Waals surface area (Å²) in [5, 5.41) is 3.53. The SMILES string of the molecule is CCCCCCCCCCC1CNc2ccccc21. The Bertz CT molecular complexity index is 358. The van der Waals surface area contributed by atoms with Gasteiger partial charge in [0.05, 0.1) is 0 Å². The number of para-hydroxylation sites is 1. The van der Waals surface area contributed by atoms with Gasteiger partial charge in [-0.05, 0) is 18.1 Å². The first-order valence-electron chi connectivity index (χ1n) is 8.24. The molecule has 0 spiro atoms. The fourth-order valence-electron chi connectivity index (χ4n) is 3.14. The quantitative estimate of drug-likeness (QED) is 0.559.